The third-order valence-electron chi connectivity index (χ3n) is 5.95. The molecule has 0 fully saturated rings. The Hall–Kier alpha value is -3.52. The van der Waals surface area contributed by atoms with Gasteiger partial charge in [-0.25, -0.2) is 0 Å². The Morgan fingerprint density at radius 3 is 2.21 bits per heavy atom. The molecule has 8 heteroatoms. The highest BCUT2D eigenvalue weighted by molar-refractivity contribution is 7.89. The van der Waals surface area contributed by atoms with Crippen molar-refractivity contribution in [1.82, 2.24) is 4.41 Å². The van der Waals surface area contributed by atoms with Crippen molar-refractivity contribution in [3.8, 4) is 11.5 Å². The molecular weight excluding hydrogens is 450 g/mol. The van der Waals surface area contributed by atoms with Crippen LogP contribution < -0.4 is 14.4 Å². The van der Waals surface area contributed by atoms with Gasteiger partial charge in [-0.15, -0.1) is 0 Å². The van der Waals surface area contributed by atoms with E-state index in [1.165, 1.54) is 4.41 Å². The summed E-state index contributed by atoms with van der Waals surface area (Å²) in [6.07, 6.45) is 0.412. The standard InChI is InChI=1S/C26H29N3O4S/c1-18-6-13-22(14-7-18)34(30,31)29-25(19-8-10-20(11-9-19)28(2)3)17-24(27-29)23-15-12-21(32-4)16-26(23)33-5/h6-16,25H,17H2,1-5H3/t25-/m0/s1. The predicted molar refractivity (Wildman–Crippen MR) is 134 cm³/mol. The molecule has 0 N–H and O–H groups in total. The Morgan fingerprint density at radius 1 is 0.941 bits per heavy atom. The van der Waals surface area contributed by atoms with Gasteiger partial charge in [-0.3, -0.25) is 0 Å². The smallest absolute Gasteiger partial charge is 0.279 e. The molecule has 0 saturated heterocycles. The highest BCUT2D eigenvalue weighted by Gasteiger charge is 2.38. The first kappa shape index (κ1) is 23.6. The van der Waals surface area contributed by atoms with Crippen molar-refractivity contribution in [3.05, 3.63) is 83.4 Å². The van der Waals surface area contributed by atoms with E-state index in [0.29, 0.717) is 23.6 Å². The van der Waals surface area contributed by atoms with Crippen molar-refractivity contribution in [2.75, 3.05) is 33.2 Å². The molecule has 3 aromatic carbocycles. The molecule has 1 aliphatic rings. The van der Waals surface area contributed by atoms with Gasteiger partial charge in [0.15, 0.2) is 0 Å². The molecule has 3 aromatic rings. The van der Waals surface area contributed by atoms with Crippen LogP contribution in [0.4, 0.5) is 5.69 Å². The van der Waals surface area contributed by atoms with E-state index in [4.69, 9.17) is 9.47 Å². The van der Waals surface area contributed by atoms with Crippen LogP contribution in [-0.2, 0) is 10.0 Å². The lowest BCUT2D eigenvalue weighted by atomic mass is 9.98. The van der Waals surface area contributed by atoms with Crippen LogP contribution in [0.2, 0.25) is 0 Å². The normalized spacial score (nSPS) is 15.7. The molecule has 0 radical (unpaired) electrons. The topological polar surface area (TPSA) is 71.4 Å². The Labute approximate surface area is 201 Å². The SMILES string of the molecule is COc1ccc(C2=NN(S(=O)(=O)c3ccc(C)cc3)[C@H](c3ccc(N(C)C)cc3)C2)c(OC)c1. The molecule has 0 bridgehead atoms. The average Bonchev–Trinajstić information content (AvgIpc) is 3.30. The van der Waals surface area contributed by atoms with Crippen LogP contribution >= 0.6 is 0 Å². The second kappa shape index (κ2) is 9.38. The molecule has 1 aliphatic heterocycles. The van der Waals surface area contributed by atoms with Gasteiger partial charge < -0.3 is 14.4 Å². The minimum atomic E-state index is -3.88. The first-order chi connectivity index (χ1) is 16.2. The van der Waals surface area contributed by atoms with Crippen LogP contribution in [0.15, 0.2) is 76.7 Å². The van der Waals surface area contributed by atoms with Crippen molar-refractivity contribution in [1.29, 1.82) is 0 Å². The fraction of sp³-hybridized carbons (Fsp3) is 0.269. The van der Waals surface area contributed by atoms with Gasteiger partial charge in [0.1, 0.15) is 11.5 Å². The van der Waals surface area contributed by atoms with Crippen LogP contribution in [0.1, 0.15) is 29.2 Å². The van der Waals surface area contributed by atoms with Crippen molar-refractivity contribution < 1.29 is 17.9 Å². The second-order valence-electron chi connectivity index (χ2n) is 8.41. The number of rotatable bonds is 7. The largest absolute Gasteiger partial charge is 0.497 e. The number of nitrogens with zero attached hydrogens (tertiary/aromatic N) is 3. The Morgan fingerprint density at radius 2 is 1.62 bits per heavy atom. The van der Waals surface area contributed by atoms with Gasteiger partial charge in [-0.05, 0) is 48.9 Å². The molecule has 7 nitrogen and oxygen atoms in total. The number of benzene rings is 3. The highest BCUT2D eigenvalue weighted by atomic mass is 32.2. The molecule has 0 aliphatic carbocycles. The number of ether oxygens (including phenoxy) is 2. The van der Waals surface area contributed by atoms with E-state index in [9.17, 15) is 8.42 Å². The van der Waals surface area contributed by atoms with E-state index in [1.807, 2.05) is 62.3 Å². The number of methoxy groups -OCH3 is 2. The number of hydrazone groups is 1. The van der Waals surface area contributed by atoms with E-state index < -0.39 is 16.1 Å². The molecular formula is C26H29N3O4S. The quantitative estimate of drug-likeness (QED) is 0.495. The number of hydrogen-bond donors (Lipinski definition) is 0. The summed E-state index contributed by atoms with van der Waals surface area (Å²) >= 11 is 0. The van der Waals surface area contributed by atoms with Gasteiger partial charge in [0.25, 0.3) is 10.0 Å². The van der Waals surface area contributed by atoms with Crippen LogP contribution in [0.25, 0.3) is 0 Å². The first-order valence-corrected chi connectivity index (χ1v) is 12.4. The van der Waals surface area contributed by atoms with Crippen LogP contribution in [-0.4, -0.2) is 46.9 Å². The van der Waals surface area contributed by atoms with Crippen LogP contribution in [0.5, 0.6) is 11.5 Å². The molecule has 0 saturated carbocycles. The summed E-state index contributed by atoms with van der Waals surface area (Å²) in [6.45, 7) is 1.92. The summed E-state index contributed by atoms with van der Waals surface area (Å²) in [7, 11) is 3.22. The molecule has 0 amide bonds. The van der Waals surface area contributed by atoms with Crippen molar-refractivity contribution in [2.45, 2.75) is 24.3 Å². The molecule has 0 aromatic heterocycles. The lowest BCUT2D eigenvalue weighted by Gasteiger charge is -2.24. The molecule has 178 valence electrons. The predicted octanol–water partition coefficient (Wildman–Crippen LogP) is 4.62. The lowest BCUT2D eigenvalue weighted by molar-refractivity contribution is 0.371. The fourth-order valence-corrected chi connectivity index (χ4v) is 5.40. The minimum absolute atomic E-state index is 0.208. The first-order valence-electron chi connectivity index (χ1n) is 10.9. The summed E-state index contributed by atoms with van der Waals surface area (Å²) in [5.74, 6) is 1.23. The Balaban J connectivity index is 1.81. The van der Waals surface area contributed by atoms with Gasteiger partial charge in [0.05, 0.1) is 30.9 Å². The van der Waals surface area contributed by atoms with Gasteiger partial charge in [0.2, 0.25) is 0 Å². The maximum Gasteiger partial charge on any atom is 0.279 e. The van der Waals surface area contributed by atoms with Crippen molar-refractivity contribution in [2.24, 2.45) is 5.10 Å². The van der Waals surface area contributed by atoms with E-state index in [2.05, 4.69) is 5.10 Å². The van der Waals surface area contributed by atoms with Crippen molar-refractivity contribution in [3.63, 3.8) is 0 Å². The summed E-state index contributed by atoms with van der Waals surface area (Å²) in [4.78, 5) is 2.21. The molecule has 4 rings (SSSR count). The zero-order chi connectivity index (χ0) is 24.5. The van der Waals surface area contributed by atoms with Gasteiger partial charge in [0, 0.05) is 37.8 Å². The molecule has 34 heavy (non-hydrogen) atoms. The Kier molecular flexibility index (Phi) is 6.52. The van der Waals surface area contributed by atoms with Gasteiger partial charge >= 0.3 is 0 Å². The van der Waals surface area contributed by atoms with E-state index in [1.54, 1.807) is 44.6 Å². The molecule has 1 atom stereocenters. The van der Waals surface area contributed by atoms with Gasteiger partial charge in [-0.2, -0.15) is 17.9 Å². The molecule has 0 spiro atoms. The van der Waals surface area contributed by atoms with Crippen LogP contribution in [0, 0.1) is 6.92 Å². The highest BCUT2D eigenvalue weighted by Crippen LogP contribution is 2.39. The monoisotopic (exact) mass is 479 g/mol. The number of hydrogen-bond acceptors (Lipinski definition) is 6. The maximum absolute atomic E-state index is 13.7. The zero-order valence-corrected chi connectivity index (χ0v) is 20.8. The third kappa shape index (κ3) is 4.46. The van der Waals surface area contributed by atoms with Gasteiger partial charge in [-0.1, -0.05) is 29.8 Å². The fourth-order valence-electron chi connectivity index (χ4n) is 3.97. The lowest BCUT2D eigenvalue weighted by Crippen LogP contribution is -2.27. The number of anilines is 1. The Bertz CT molecular complexity index is 1300. The minimum Gasteiger partial charge on any atom is -0.497 e. The van der Waals surface area contributed by atoms with Crippen molar-refractivity contribution >= 4 is 21.4 Å². The summed E-state index contributed by atoms with van der Waals surface area (Å²) in [5, 5.41) is 4.64. The second-order valence-corrected chi connectivity index (χ2v) is 10.2. The summed E-state index contributed by atoms with van der Waals surface area (Å²) < 4.78 is 39.5. The summed E-state index contributed by atoms with van der Waals surface area (Å²) in [6, 6.07) is 19.7. The molecule has 0 unspecified atom stereocenters. The van der Waals surface area contributed by atoms with Crippen LogP contribution in [0.3, 0.4) is 0 Å². The van der Waals surface area contributed by atoms with E-state index in [0.717, 1.165) is 22.4 Å². The van der Waals surface area contributed by atoms with E-state index in [-0.39, 0.29) is 4.90 Å². The number of aryl methyl sites for hydroxylation is 1. The van der Waals surface area contributed by atoms with E-state index >= 15 is 0 Å². The third-order valence-corrected chi connectivity index (χ3v) is 7.65. The molecule has 1 heterocycles. The number of sulfonamides is 1. The maximum atomic E-state index is 13.7. The zero-order valence-electron chi connectivity index (χ0n) is 20.0. The summed E-state index contributed by atoms with van der Waals surface area (Å²) in [5.41, 5.74) is 4.26. The average molecular weight is 480 g/mol.